The number of morpholine rings is 1. The van der Waals surface area contributed by atoms with Crippen LogP contribution in [0.4, 0.5) is 17.4 Å². The topological polar surface area (TPSA) is 107 Å². The van der Waals surface area contributed by atoms with Gasteiger partial charge in [-0.05, 0) is 66.2 Å². The first-order valence-electron chi connectivity index (χ1n) is 16.3. The van der Waals surface area contributed by atoms with E-state index >= 15 is 0 Å². The minimum Gasteiger partial charge on any atom is -0.492 e. The predicted molar refractivity (Wildman–Crippen MR) is 198 cm³/mol. The number of benzene rings is 3. The van der Waals surface area contributed by atoms with E-state index in [4.69, 9.17) is 35.2 Å². The van der Waals surface area contributed by atoms with Crippen LogP contribution in [-0.4, -0.2) is 59.3 Å². The fraction of sp³-hybridized carbons (Fsp3) is 0.184. The summed E-state index contributed by atoms with van der Waals surface area (Å²) < 4.78 is 24.6. The number of aromatic nitrogens is 3. The second kappa shape index (κ2) is 14.7. The van der Waals surface area contributed by atoms with Gasteiger partial charge in [-0.15, -0.1) is 11.3 Å². The van der Waals surface area contributed by atoms with Crippen molar-refractivity contribution in [3.05, 3.63) is 114 Å². The number of hydrogen-bond donors (Lipinski definition) is 2. The zero-order valence-electron chi connectivity index (χ0n) is 27.0. The van der Waals surface area contributed by atoms with Crippen LogP contribution in [0, 0.1) is 0 Å². The summed E-state index contributed by atoms with van der Waals surface area (Å²) in [6, 6.07) is 29.4. The van der Waals surface area contributed by atoms with E-state index in [0.29, 0.717) is 46.8 Å². The Kier molecular flexibility index (Phi) is 9.44. The SMILES string of the molecule is Clc1ccc(Nc2nc3cc(Oc4ccnc5cc(-c6ccc(CNc7cccc(OCCN8CCOCC8)c7)cn6)sc45)ccc3o2)cc1. The lowest BCUT2D eigenvalue weighted by Gasteiger charge is -2.26. The molecule has 12 heteroatoms. The van der Waals surface area contributed by atoms with E-state index in [2.05, 4.69) is 31.6 Å². The van der Waals surface area contributed by atoms with Gasteiger partial charge in [0.15, 0.2) is 5.58 Å². The quantitative estimate of drug-likeness (QED) is 0.128. The molecule has 50 heavy (non-hydrogen) atoms. The summed E-state index contributed by atoms with van der Waals surface area (Å²) in [5.41, 5.74) is 5.95. The molecule has 0 bridgehead atoms. The van der Waals surface area contributed by atoms with E-state index in [1.807, 2.05) is 79.0 Å². The number of pyridine rings is 2. The minimum absolute atomic E-state index is 0.387. The van der Waals surface area contributed by atoms with Gasteiger partial charge in [0.05, 0.1) is 34.0 Å². The van der Waals surface area contributed by atoms with Crippen molar-refractivity contribution < 1.29 is 18.6 Å². The van der Waals surface area contributed by atoms with Gasteiger partial charge < -0.3 is 29.3 Å². The fourth-order valence-electron chi connectivity index (χ4n) is 5.62. The Morgan fingerprint density at radius 1 is 0.860 bits per heavy atom. The molecular formula is C38H33ClN6O4S. The van der Waals surface area contributed by atoms with Crippen LogP contribution >= 0.6 is 22.9 Å². The molecule has 8 rings (SSSR count). The molecule has 0 amide bonds. The molecular weight excluding hydrogens is 672 g/mol. The molecule has 10 nitrogen and oxygen atoms in total. The number of nitrogens with zero attached hydrogens (tertiary/aromatic N) is 4. The number of halogens is 1. The van der Waals surface area contributed by atoms with Crippen molar-refractivity contribution >= 4 is 61.6 Å². The Balaban J connectivity index is 0.899. The average Bonchev–Trinajstić information content (AvgIpc) is 3.77. The van der Waals surface area contributed by atoms with E-state index in [-0.39, 0.29) is 0 Å². The van der Waals surface area contributed by atoms with Gasteiger partial charge in [0, 0.05) is 73.2 Å². The van der Waals surface area contributed by atoms with Gasteiger partial charge in [-0.25, -0.2) is 0 Å². The van der Waals surface area contributed by atoms with Crippen molar-refractivity contribution in [2.45, 2.75) is 6.54 Å². The van der Waals surface area contributed by atoms with Crippen LogP contribution in [0.1, 0.15) is 5.56 Å². The lowest BCUT2D eigenvalue weighted by Crippen LogP contribution is -2.38. The van der Waals surface area contributed by atoms with Crippen LogP contribution in [0.2, 0.25) is 5.02 Å². The molecule has 7 aromatic rings. The van der Waals surface area contributed by atoms with Crippen LogP contribution in [0.5, 0.6) is 17.2 Å². The van der Waals surface area contributed by atoms with Gasteiger partial charge in [-0.1, -0.05) is 23.7 Å². The summed E-state index contributed by atoms with van der Waals surface area (Å²) >= 11 is 7.60. The third-order valence-corrected chi connectivity index (χ3v) is 9.66. The van der Waals surface area contributed by atoms with E-state index in [9.17, 15) is 0 Å². The zero-order chi connectivity index (χ0) is 33.7. The molecule has 1 saturated heterocycles. The highest BCUT2D eigenvalue weighted by atomic mass is 35.5. The average molecular weight is 705 g/mol. The second-order valence-electron chi connectivity index (χ2n) is 11.8. The van der Waals surface area contributed by atoms with Crippen LogP contribution in [0.15, 0.2) is 108 Å². The van der Waals surface area contributed by atoms with Gasteiger partial charge in [-0.2, -0.15) is 4.98 Å². The van der Waals surface area contributed by atoms with Crippen molar-refractivity contribution in [2.75, 3.05) is 50.1 Å². The van der Waals surface area contributed by atoms with Crippen LogP contribution < -0.4 is 20.1 Å². The van der Waals surface area contributed by atoms with Crippen LogP contribution in [0.25, 0.3) is 31.9 Å². The number of rotatable bonds is 12. The first kappa shape index (κ1) is 32.0. The monoisotopic (exact) mass is 704 g/mol. The molecule has 1 aliphatic heterocycles. The van der Waals surface area contributed by atoms with Crippen LogP contribution in [-0.2, 0) is 11.3 Å². The molecule has 4 aromatic heterocycles. The Bertz CT molecular complexity index is 2220. The highest BCUT2D eigenvalue weighted by molar-refractivity contribution is 7.22. The van der Waals surface area contributed by atoms with Gasteiger partial charge in [0.1, 0.15) is 29.4 Å². The highest BCUT2D eigenvalue weighted by Gasteiger charge is 2.14. The Labute approximate surface area is 297 Å². The summed E-state index contributed by atoms with van der Waals surface area (Å²) in [6.45, 7) is 5.70. The molecule has 0 aliphatic carbocycles. The van der Waals surface area contributed by atoms with Gasteiger partial charge in [0.25, 0.3) is 6.01 Å². The van der Waals surface area contributed by atoms with E-state index in [1.165, 1.54) is 0 Å². The molecule has 0 saturated carbocycles. The smallest absolute Gasteiger partial charge is 0.300 e. The summed E-state index contributed by atoms with van der Waals surface area (Å²) in [4.78, 5) is 17.3. The maximum Gasteiger partial charge on any atom is 0.300 e. The van der Waals surface area contributed by atoms with Gasteiger partial charge >= 0.3 is 0 Å². The summed E-state index contributed by atoms with van der Waals surface area (Å²) in [6.07, 6.45) is 3.66. The van der Waals surface area contributed by atoms with E-state index in [1.54, 1.807) is 29.7 Å². The van der Waals surface area contributed by atoms with Crippen molar-refractivity contribution in [3.63, 3.8) is 0 Å². The number of hydrogen-bond acceptors (Lipinski definition) is 11. The number of fused-ring (bicyclic) bond motifs is 2. The summed E-state index contributed by atoms with van der Waals surface area (Å²) in [7, 11) is 0. The fourth-order valence-corrected chi connectivity index (χ4v) is 6.79. The molecule has 1 aliphatic rings. The zero-order valence-corrected chi connectivity index (χ0v) is 28.5. The standard InChI is InChI=1S/C38H33ClN6O4S/c39-26-5-7-27(8-6-26)43-38-44-32-21-30(9-11-34(32)49-38)48-35-12-13-40-33-22-36(50-37(33)35)31-10-4-25(24-42-31)23-41-28-2-1-3-29(20-28)47-19-16-45-14-17-46-18-15-45/h1-13,20-22,24,41H,14-19,23H2,(H,43,44). The number of nitrogens with one attached hydrogen (secondary N) is 2. The lowest BCUT2D eigenvalue weighted by molar-refractivity contribution is 0.0322. The number of ether oxygens (including phenoxy) is 3. The Morgan fingerprint density at radius 3 is 2.62 bits per heavy atom. The maximum atomic E-state index is 6.35. The third kappa shape index (κ3) is 7.66. The predicted octanol–water partition coefficient (Wildman–Crippen LogP) is 9.01. The van der Waals surface area contributed by atoms with Crippen molar-refractivity contribution in [2.24, 2.45) is 0 Å². The van der Waals surface area contributed by atoms with Gasteiger partial charge in [-0.3, -0.25) is 14.9 Å². The van der Waals surface area contributed by atoms with E-state index < -0.39 is 0 Å². The normalized spacial score (nSPS) is 13.5. The second-order valence-corrected chi connectivity index (χ2v) is 13.2. The molecule has 252 valence electrons. The van der Waals surface area contributed by atoms with Crippen molar-refractivity contribution in [3.8, 4) is 27.8 Å². The minimum atomic E-state index is 0.387. The highest BCUT2D eigenvalue weighted by Crippen LogP contribution is 2.39. The summed E-state index contributed by atoms with van der Waals surface area (Å²) in [5, 5.41) is 7.32. The molecule has 0 atom stereocenters. The number of anilines is 3. The lowest BCUT2D eigenvalue weighted by atomic mass is 10.2. The van der Waals surface area contributed by atoms with Crippen molar-refractivity contribution in [1.82, 2.24) is 19.9 Å². The van der Waals surface area contributed by atoms with Crippen LogP contribution in [0.3, 0.4) is 0 Å². The maximum absolute atomic E-state index is 6.35. The van der Waals surface area contributed by atoms with Crippen molar-refractivity contribution in [1.29, 1.82) is 0 Å². The van der Waals surface area contributed by atoms with Gasteiger partial charge in [0.2, 0.25) is 0 Å². The molecule has 0 radical (unpaired) electrons. The number of oxazole rings is 1. The Hall–Kier alpha value is -5.20. The molecule has 1 fully saturated rings. The molecule has 2 N–H and O–H groups in total. The first-order valence-corrected chi connectivity index (χ1v) is 17.5. The molecule has 0 spiro atoms. The van der Waals surface area contributed by atoms with E-state index in [0.717, 1.165) is 76.3 Å². The molecule has 5 heterocycles. The third-order valence-electron chi connectivity index (χ3n) is 8.25. The molecule has 3 aromatic carbocycles. The summed E-state index contributed by atoms with van der Waals surface area (Å²) in [5.74, 6) is 2.21. The Morgan fingerprint density at radius 2 is 1.76 bits per heavy atom. The first-order chi connectivity index (χ1) is 24.6. The largest absolute Gasteiger partial charge is 0.492 e. The number of thiophene rings is 1. The molecule has 0 unspecified atom stereocenters.